The number of carbonyl (C=O) groups is 3. The third-order valence-electron chi connectivity index (χ3n) is 2.75. The van der Waals surface area contributed by atoms with Crippen LogP contribution in [0.2, 0.25) is 0 Å². The fourth-order valence-electron chi connectivity index (χ4n) is 1.73. The standard InChI is InChI=1S/C14H19NO5/c1-2-19-10-11-20-14(18)6-4-3-5-9-15-12(16)7-8-13(15)17/h2,7-8H,1,3-6,9-11H2. The molecule has 0 aliphatic carbocycles. The molecule has 1 aliphatic heterocycles. The fraction of sp³-hybridized carbons (Fsp3) is 0.500. The number of ether oxygens (including phenoxy) is 2. The normalized spacial score (nSPS) is 13.7. The predicted molar refractivity (Wildman–Crippen MR) is 71.4 cm³/mol. The molecule has 0 unspecified atom stereocenters. The van der Waals surface area contributed by atoms with Crippen LogP contribution in [0.1, 0.15) is 25.7 Å². The van der Waals surface area contributed by atoms with Gasteiger partial charge in [-0.05, 0) is 12.8 Å². The molecule has 0 atom stereocenters. The molecule has 0 radical (unpaired) electrons. The van der Waals surface area contributed by atoms with Gasteiger partial charge >= 0.3 is 5.97 Å². The highest BCUT2D eigenvalue weighted by Crippen LogP contribution is 2.08. The number of imide groups is 1. The van der Waals surface area contributed by atoms with E-state index in [0.29, 0.717) is 32.4 Å². The van der Waals surface area contributed by atoms with E-state index in [2.05, 4.69) is 6.58 Å². The van der Waals surface area contributed by atoms with Gasteiger partial charge in [-0.2, -0.15) is 0 Å². The number of esters is 1. The van der Waals surface area contributed by atoms with Crippen molar-refractivity contribution >= 4 is 17.8 Å². The summed E-state index contributed by atoms with van der Waals surface area (Å²) in [6, 6.07) is 0. The van der Waals surface area contributed by atoms with E-state index < -0.39 is 0 Å². The van der Waals surface area contributed by atoms with Gasteiger partial charge in [0.05, 0.1) is 6.26 Å². The van der Waals surface area contributed by atoms with E-state index in [-0.39, 0.29) is 24.4 Å². The Morgan fingerprint density at radius 2 is 1.85 bits per heavy atom. The smallest absolute Gasteiger partial charge is 0.305 e. The molecule has 6 nitrogen and oxygen atoms in total. The van der Waals surface area contributed by atoms with Crippen molar-refractivity contribution in [2.24, 2.45) is 0 Å². The second-order valence-electron chi connectivity index (χ2n) is 4.23. The first kappa shape index (κ1) is 15.9. The molecule has 0 spiro atoms. The van der Waals surface area contributed by atoms with Crippen LogP contribution in [0.4, 0.5) is 0 Å². The molecule has 20 heavy (non-hydrogen) atoms. The third-order valence-corrected chi connectivity index (χ3v) is 2.75. The first-order chi connectivity index (χ1) is 9.65. The van der Waals surface area contributed by atoms with E-state index in [4.69, 9.17) is 9.47 Å². The van der Waals surface area contributed by atoms with E-state index in [1.165, 1.54) is 23.3 Å². The predicted octanol–water partition coefficient (Wildman–Crippen LogP) is 1.18. The van der Waals surface area contributed by atoms with Crippen LogP contribution in [0.15, 0.2) is 25.0 Å². The molecule has 1 heterocycles. The van der Waals surface area contributed by atoms with Gasteiger partial charge < -0.3 is 9.47 Å². The number of rotatable bonds is 10. The maximum Gasteiger partial charge on any atom is 0.305 e. The highest BCUT2D eigenvalue weighted by atomic mass is 16.6. The highest BCUT2D eigenvalue weighted by Gasteiger charge is 2.22. The Balaban J connectivity index is 1.99. The molecule has 0 saturated heterocycles. The zero-order chi connectivity index (χ0) is 14.8. The van der Waals surface area contributed by atoms with Crippen molar-refractivity contribution in [3.05, 3.63) is 25.0 Å². The van der Waals surface area contributed by atoms with Crippen molar-refractivity contribution in [1.29, 1.82) is 0 Å². The Morgan fingerprint density at radius 1 is 1.15 bits per heavy atom. The summed E-state index contributed by atoms with van der Waals surface area (Å²) in [6.45, 7) is 4.29. The lowest BCUT2D eigenvalue weighted by Crippen LogP contribution is -2.30. The van der Waals surface area contributed by atoms with Crippen molar-refractivity contribution in [3.8, 4) is 0 Å². The third kappa shape index (κ3) is 5.69. The average Bonchev–Trinajstić information content (AvgIpc) is 2.74. The quantitative estimate of drug-likeness (QED) is 0.260. The average molecular weight is 281 g/mol. The largest absolute Gasteiger partial charge is 0.498 e. The van der Waals surface area contributed by atoms with Gasteiger partial charge in [-0.1, -0.05) is 13.0 Å². The number of hydrogen-bond donors (Lipinski definition) is 0. The highest BCUT2D eigenvalue weighted by molar-refractivity contribution is 6.12. The van der Waals surface area contributed by atoms with Gasteiger partial charge in [0.25, 0.3) is 11.8 Å². The Labute approximate surface area is 118 Å². The van der Waals surface area contributed by atoms with Crippen LogP contribution in [-0.4, -0.2) is 42.4 Å². The second kappa shape index (κ2) is 8.90. The topological polar surface area (TPSA) is 72.9 Å². The summed E-state index contributed by atoms with van der Waals surface area (Å²) in [5, 5.41) is 0. The molecular formula is C14H19NO5. The zero-order valence-corrected chi connectivity index (χ0v) is 11.4. The van der Waals surface area contributed by atoms with Crippen LogP contribution in [0.5, 0.6) is 0 Å². The summed E-state index contributed by atoms with van der Waals surface area (Å²) < 4.78 is 9.73. The number of amides is 2. The summed E-state index contributed by atoms with van der Waals surface area (Å²) in [5.41, 5.74) is 0. The molecular weight excluding hydrogens is 262 g/mol. The summed E-state index contributed by atoms with van der Waals surface area (Å²) in [6.07, 6.45) is 6.28. The molecule has 6 heteroatoms. The molecule has 0 saturated carbocycles. The molecule has 0 bridgehead atoms. The van der Waals surface area contributed by atoms with Crippen LogP contribution in [0.3, 0.4) is 0 Å². The van der Waals surface area contributed by atoms with Crippen molar-refractivity contribution in [3.63, 3.8) is 0 Å². The van der Waals surface area contributed by atoms with Gasteiger partial charge in [0.1, 0.15) is 13.2 Å². The molecule has 2 amide bonds. The Bertz CT molecular complexity index is 384. The van der Waals surface area contributed by atoms with E-state index in [0.717, 1.165) is 6.42 Å². The maximum atomic E-state index is 11.3. The number of unbranched alkanes of at least 4 members (excludes halogenated alkanes) is 2. The number of carbonyl (C=O) groups excluding carboxylic acids is 3. The fourth-order valence-corrected chi connectivity index (χ4v) is 1.73. The van der Waals surface area contributed by atoms with Crippen LogP contribution in [0.25, 0.3) is 0 Å². The van der Waals surface area contributed by atoms with Gasteiger partial charge in [0.2, 0.25) is 0 Å². The van der Waals surface area contributed by atoms with Crippen molar-refractivity contribution in [2.75, 3.05) is 19.8 Å². The molecule has 0 N–H and O–H groups in total. The van der Waals surface area contributed by atoms with Crippen molar-refractivity contribution in [1.82, 2.24) is 4.90 Å². The molecule has 0 aromatic heterocycles. The number of nitrogens with zero attached hydrogens (tertiary/aromatic N) is 1. The lowest BCUT2D eigenvalue weighted by atomic mass is 10.2. The van der Waals surface area contributed by atoms with E-state index >= 15 is 0 Å². The molecule has 0 aromatic carbocycles. The Morgan fingerprint density at radius 3 is 2.50 bits per heavy atom. The maximum absolute atomic E-state index is 11.3. The minimum atomic E-state index is -0.271. The van der Waals surface area contributed by atoms with Gasteiger partial charge in [-0.15, -0.1) is 0 Å². The molecule has 1 aliphatic rings. The van der Waals surface area contributed by atoms with Gasteiger partial charge in [0, 0.05) is 25.1 Å². The summed E-state index contributed by atoms with van der Waals surface area (Å²) in [5.74, 6) is -0.805. The number of hydrogen-bond acceptors (Lipinski definition) is 5. The molecule has 1 rings (SSSR count). The van der Waals surface area contributed by atoms with E-state index in [9.17, 15) is 14.4 Å². The Hall–Kier alpha value is -2.11. The van der Waals surface area contributed by atoms with Crippen LogP contribution in [-0.2, 0) is 23.9 Å². The van der Waals surface area contributed by atoms with Crippen molar-refractivity contribution in [2.45, 2.75) is 25.7 Å². The second-order valence-corrected chi connectivity index (χ2v) is 4.23. The minimum absolute atomic E-state index is 0.216. The van der Waals surface area contributed by atoms with Gasteiger partial charge in [-0.25, -0.2) is 0 Å². The van der Waals surface area contributed by atoms with Gasteiger partial charge in [-0.3, -0.25) is 19.3 Å². The van der Waals surface area contributed by atoms with Crippen LogP contribution in [0, 0.1) is 0 Å². The van der Waals surface area contributed by atoms with E-state index in [1.807, 2.05) is 0 Å². The Kier molecular flexibility index (Phi) is 7.10. The molecule has 0 aromatic rings. The lowest BCUT2D eigenvalue weighted by molar-refractivity contribution is -0.145. The van der Waals surface area contributed by atoms with Gasteiger partial charge in [0.15, 0.2) is 0 Å². The monoisotopic (exact) mass is 281 g/mol. The van der Waals surface area contributed by atoms with Crippen molar-refractivity contribution < 1.29 is 23.9 Å². The SMILES string of the molecule is C=COCCOC(=O)CCCCCN1C(=O)C=CC1=O. The molecule has 0 fully saturated rings. The van der Waals surface area contributed by atoms with Crippen LogP contribution >= 0.6 is 0 Å². The minimum Gasteiger partial charge on any atom is -0.498 e. The summed E-state index contributed by atoms with van der Waals surface area (Å²) in [4.78, 5) is 35.0. The first-order valence-corrected chi connectivity index (χ1v) is 6.57. The zero-order valence-electron chi connectivity index (χ0n) is 11.4. The first-order valence-electron chi connectivity index (χ1n) is 6.57. The summed E-state index contributed by atoms with van der Waals surface area (Å²) >= 11 is 0. The molecule has 110 valence electrons. The van der Waals surface area contributed by atoms with Crippen LogP contribution < -0.4 is 0 Å². The lowest BCUT2D eigenvalue weighted by Gasteiger charge is -2.12. The van der Waals surface area contributed by atoms with E-state index in [1.54, 1.807) is 0 Å². The summed E-state index contributed by atoms with van der Waals surface area (Å²) in [7, 11) is 0.